The fourth-order valence-electron chi connectivity index (χ4n) is 3.46. The molecule has 0 aliphatic rings. The molecule has 0 aliphatic heterocycles. The first-order valence-corrected chi connectivity index (χ1v) is 10.8. The first kappa shape index (κ1) is 20.6. The van der Waals surface area contributed by atoms with Crippen LogP contribution < -0.4 is 5.43 Å². The number of benzene rings is 2. The van der Waals surface area contributed by atoms with Gasteiger partial charge in [0.15, 0.2) is 5.65 Å². The first-order chi connectivity index (χ1) is 14.7. The zero-order chi connectivity index (χ0) is 20.9. The van der Waals surface area contributed by atoms with Crippen molar-refractivity contribution in [1.82, 2.24) is 19.7 Å². The molecule has 2 aromatic heterocycles. The number of nitrogens with one attached hydrogen (secondary N) is 1. The van der Waals surface area contributed by atoms with Gasteiger partial charge in [-0.2, -0.15) is 10.1 Å². The Labute approximate surface area is 184 Å². The first-order valence-electron chi connectivity index (χ1n) is 10.0. The summed E-state index contributed by atoms with van der Waals surface area (Å²) in [6.07, 6.45) is 6.28. The number of rotatable bonds is 8. The number of anilines is 1. The topological polar surface area (TPSA) is 68.0 Å². The van der Waals surface area contributed by atoms with Crippen LogP contribution in [0.4, 0.5) is 5.95 Å². The number of para-hydroxylation sites is 1. The molecule has 0 aliphatic carbocycles. The van der Waals surface area contributed by atoms with E-state index in [1.807, 2.05) is 12.1 Å². The number of hydrogen-bond acceptors (Lipinski definition) is 5. The summed E-state index contributed by atoms with van der Waals surface area (Å²) in [5.41, 5.74) is 6.19. The molecule has 30 heavy (non-hydrogen) atoms. The van der Waals surface area contributed by atoms with Crippen molar-refractivity contribution in [2.45, 2.75) is 39.2 Å². The van der Waals surface area contributed by atoms with E-state index >= 15 is 0 Å². The van der Waals surface area contributed by atoms with E-state index in [0.29, 0.717) is 21.6 Å². The number of aromatic nitrogens is 4. The molecule has 0 spiro atoms. The minimum Gasteiger partial charge on any atom is -0.324 e. The molecule has 0 atom stereocenters. The Morgan fingerprint density at radius 1 is 1.00 bits per heavy atom. The fourth-order valence-corrected chi connectivity index (χ4v) is 3.96. The highest BCUT2D eigenvalue weighted by Crippen LogP contribution is 2.27. The Balaban J connectivity index is 1.64. The van der Waals surface area contributed by atoms with Crippen molar-refractivity contribution >= 4 is 57.4 Å². The van der Waals surface area contributed by atoms with Crippen molar-refractivity contribution in [2.24, 2.45) is 5.10 Å². The molecule has 0 amide bonds. The number of nitrogens with zero attached hydrogens (tertiary/aromatic N) is 5. The van der Waals surface area contributed by atoms with Crippen LogP contribution in [0.2, 0.25) is 10.0 Å². The van der Waals surface area contributed by atoms with Crippen molar-refractivity contribution in [3.63, 3.8) is 0 Å². The number of hydrogen-bond donors (Lipinski definition) is 1. The molecule has 4 rings (SSSR count). The molecule has 4 aromatic rings. The average molecular weight is 441 g/mol. The summed E-state index contributed by atoms with van der Waals surface area (Å²) in [6.45, 7) is 3.10. The summed E-state index contributed by atoms with van der Waals surface area (Å²) in [5, 5.41) is 14.9. The van der Waals surface area contributed by atoms with Gasteiger partial charge in [-0.05, 0) is 24.6 Å². The Kier molecular flexibility index (Phi) is 6.45. The van der Waals surface area contributed by atoms with Crippen LogP contribution in [0.1, 0.15) is 38.2 Å². The fraction of sp³-hybridized carbons (Fsp3) is 0.273. The van der Waals surface area contributed by atoms with Gasteiger partial charge in [-0.15, -0.1) is 10.2 Å². The number of halogens is 2. The van der Waals surface area contributed by atoms with Gasteiger partial charge in [-0.3, -0.25) is 0 Å². The summed E-state index contributed by atoms with van der Waals surface area (Å²) < 4.78 is 2.22. The van der Waals surface area contributed by atoms with Crippen LogP contribution in [-0.4, -0.2) is 26.0 Å². The van der Waals surface area contributed by atoms with Crippen LogP contribution in [-0.2, 0) is 6.54 Å². The third-order valence-electron chi connectivity index (χ3n) is 4.97. The predicted molar refractivity (Wildman–Crippen MR) is 125 cm³/mol. The second-order valence-corrected chi connectivity index (χ2v) is 7.86. The number of unbranched alkanes of at least 4 members (excludes halogenated alkanes) is 3. The number of hydrazone groups is 1. The smallest absolute Gasteiger partial charge is 0.265 e. The van der Waals surface area contributed by atoms with Gasteiger partial charge in [-0.1, -0.05) is 73.7 Å². The van der Waals surface area contributed by atoms with E-state index < -0.39 is 0 Å². The Morgan fingerprint density at radius 2 is 1.80 bits per heavy atom. The van der Waals surface area contributed by atoms with E-state index in [1.54, 1.807) is 24.4 Å². The monoisotopic (exact) mass is 440 g/mol. The van der Waals surface area contributed by atoms with Crippen molar-refractivity contribution in [2.75, 3.05) is 5.43 Å². The van der Waals surface area contributed by atoms with E-state index in [2.05, 4.69) is 49.3 Å². The van der Waals surface area contributed by atoms with Gasteiger partial charge in [-0.25, -0.2) is 5.43 Å². The maximum atomic E-state index is 6.18. The quantitative estimate of drug-likeness (QED) is 0.198. The maximum Gasteiger partial charge on any atom is 0.265 e. The van der Waals surface area contributed by atoms with Crippen LogP contribution in [0, 0.1) is 0 Å². The van der Waals surface area contributed by atoms with Crippen LogP contribution in [0.25, 0.3) is 22.1 Å². The van der Waals surface area contributed by atoms with E-state index in [0.717, 1.165) is 35.0 Å². The van der Waals surface area contributed by atoms with Crippen molar-refractivity contribution in [3.8, 4) is 0 Å². The standard InChI is InChI=1S/C22H22Cl2N6/c1-2-3-4-7-13-30-19-12-6-5-9-15(19)20-21(30)26-22(29-27-20)28-25-14-16-17(23)10-8-11-18(16)24/h5-6,8-12,14H,2-4,7,13H2,1H3,(H,26,28,29)/b25-14+. The lowest BCUT2D eigenvalue weighted by Gasteiger charge is -2.06. The highest BCUT2D eigenvalue weighted by Gasteiger charge is 2.14. The molecule has 6 nitrogen and oxygen atoms in total. The van der Waals surface area contributed by atoms with Gasteiger partial charge < -0.3 is 4.57 Å². The van der Waals surface area contributed by atoms with Gasteiger partial charge in [0.05, 0.1) is 21.8 Å². The summed E-state index contributed by atoms with van der Waals surface area (Å²) >= 11 is 12.4. The lowest BCUT2D eigenvalue weighted by molar-refractivity contribution is 0.600. The minimum atomic E-state index is 0.319. The van der Waals surface area contributed by atoms with Gasteiger partial charge >= 0.3 is 0 Å². The molecule has 1 N–H and O–H groups in total. The molecular formula is C22H22Cl2N6. The normalized spacial score (nSPS) is 11.7. The summed E-state index contributed by atoms with van der Waals surface area (Å²) in [5.74, 6) is 0.319. The number of fused-ring (bicyclic) bond motifs is 3. The Bertz CT molecular complexity index is 1180. The third kappa shape index (κ3) is 4.25. The van der Waals surface area contributed by atoms with E-state index in [4.69, 9.17) is 23.2 Å². The highest BCUT2D eigenvalue weighted by molar-refractivity contribution is 6.38. The summed E-state index contributed by atoms with van der Waals surface area (Å²) in [7, 11) is 0. The summed E-state index contributed by atoms with van der Waals surface area (Å²) in [6, 6.07) is 13.5. The SMILES string of the molecule is CCCCCCn1c2ccccc2c2nnc(N/N=C/c3c(Cl)cccc3Cl)nc21. The molecule has 0 saturated carbocycles. The predicted octanol–water partition coefficient (Wildman–Crippen LogP) is 6.31. The molecule has 0 bridgehead atoms. The molecule has 0 fully saturated rings. The molecule has 0 unspecified atom stereocenters. The third-order valence-corrected chi connectivity index (χ3v) is 5.63. The van der Waals surface area contributed by atoms with Crippen molar-refractivity contribution < 1.29 is 0 Å². The van der Waals surface area contributed by atoms with Gasteiger partial charge in [0, 0.05) is 17.5 Å². The Hall–Kier alpha value is -2.70. The van der Waals surface area contributed by atoms with Crippen LogP contribution in [0.5, 0.6) is 0 Å². The second-order valence-electron chi connectivity index (χ2n) is 7.04. The lowest BCUT2D eigenvalue weighted by Crippen LogP contribution is -2.03. The lowest BCUT2D eigenvalue weighted by atomic mass is 10.2. The molecule has 2 aromatic carbocycles. The molecule has 0 radical (unpaired) electrons. The highest BCUT2D eigenvalue weighted by atomic mass is 35.5. The van der Waals surface area contributed by atoms with Crippen LogP contribution >= 0.6 is 23.2 Å². The van der Waals surface area contributed by atoms with Crippen LogP contribution in [0.3, 0.4) is 0 Å². The van der Waals surface area contributed by atoms with E-state index in [-0.39, 0.29) is 0 Å². The second kappa shape index (κ2) is 9.41. The maximum absolute atomic E-state index is 6.18. The molecule has 0 saturated heterocycles. The number of aryl methyl sites for hydroxylation is 1. The molecule has 154 valence electrons. The largest absolute Gasteiger partial charge is 0.324 e. The van der Waals surface area contributed by atoms with Crippen molar-refractivity contribution in [1.29, 1.82) is 0 Å². The van der Waals surface area contributed by atoms with Gasteiger partial charge in [0.1, 0.15) is 5.52 Å². The van der Waals surface area contributed by atoms with Gasteiger partial charge in [0.25, 0.3) is 5.95 Å². The zero-order valence-corrected chi connectivity index (χ0v) is 18.2. The summed E-state index contributed by atoms with van der Waals surface area (Å²) in [4.78, 5) is 4.69. The minimum absolute atomic E-state index is 0.319. The molecular weight excluding hydrogens is 419 g/mol. The zero-order valence-electron chi connectivity index (χ0n) is 16.6. The van der Waals surface area contributed by atoms with E-state index in [1.165, 1.54) is 19.3 Å². The van der Waals surface area contributed by atoms with Crippen molar-refractivity contribution in [3.05, 3.63) is 58.1 Å². The Morgan fingerprint density at radius 3 is 2.60 bits per heavy atom. The average Bonchev–Trinajstić information content (AvgIpc) is 3.06. The molecule has 8 heteroatoms. The van der Waals surface area contributed by atoms with Crippen LogP contribution in [0.15, 0.2) is 47.6 Å². The van der Waals surface area contributed by atoms with Gasteiger partial charge in [0.2, 0.25) is 0 Å². The molecule has 2 heterocycles. The van der Waals surface area contributed by atoms with E-state index in [9.17, 15) is 0 Å².